The maximum Gasteiger partial charge on any atom is 0.407 e. The molecule has 1 aliphatic carbocycles. The molecule has 352 valence electrons. The second-order valence-corrected chi connectivity index (χ2v) is 17.5. The Hall–Kier alpha value is -4.62. The third-order valence-corrected chi connectivity index (χ3v) is 11.8. The van der Waals surface area contributed by atoms with Gasteiger partial charge in [0.15, 0.2) is 0 Å². The van der Waals surface area contributed by atoms with Crippen LogP contribution in [-0.2, 0) is 49.3 Å². The number of hydrazine groups is 1. The van der Waals surface area contributed by atoms with Crippen molar-refractivity contribution in [2.75, 3.05) is 53.0 Å². The number of ether oxygens (including phenoxy) is 5. The van der Waals surface area contributed by atoms with E-state index in [1.165, 1.54) is 12.5 Å². The predicted octanol–water partition coefficient (Wildman–Crippen LogP) is 2.74. The van der Waals surface area contributed by atoms with Crippen LogP contribution in [-0.4, -0.2) is 130 Å². The van der Waals surface area contributed by atoms with E-state index in [1.807, 2.05) is 44.2 Å². The lowest BCUT2D eigenvalue weighted by atomic mass is 9.68. The van der Waals surface area contributed by atoms with E-state index in [-0.39, 0.29) is 67.9 Å². The molecule has 1 saturated carbocycles. The minimum Gasteiger partial charge on any atom is -0.447 e. The van der Waals surface area contributed by atoms with Gasteiger partial charge in [0.1, 0.15) is 41.8 Å². The first-order valence-electron chi connectivity index (χ1n) is 22.3. The fraction of sp³-hybridized carbons (Fsp3) is 0.689. The molecule has 1 aromatic rings. The van der Waals surface area contributed by atoms with Gasteiger partial charge >= 0.3 is 12.2 Å². The lowest BCUT2D eigenvalue weighted by Gasteiger charge is -2.42. The number of rotatable bonds is 27. The van der Waals surface area contributed by atoms with Crippen LogP contribution >= 0.6 is 0 Å². The molecule has 4 rings (SSSR count). The monoisotopic (exact) mass is 886 g/mol. The third kappa shape index (κ3) is 16.8. The lowest BCUT2D eigenvalue weighted by molar-refractivity contribution is -0.130. The molecular formula is C45H71N7O11. The maximum atomic E-state index is 13.2. The van der Waals surface area contributed by atoms with E-state index in [1.54, 1.807) is 7.11 Å². The molecule has 4 unspecified atom stereocenters. The summed E-state index contributed by atoms with van der Waals surface area (Å²) < 4.78 is 29.7. The molecule has 3 fully saturated rings. The number of Topliss-reactive ketones (excluding diaryl/α,β-unsaturated/α-hetero) is 1. The van der Waals surface area contributed by atoms with Crippen molar-refractivity contribution in [1.82, 2.24) is 37.4 Å². The van der Waals surface area contributed by atoms with Gasteiger partial charge in [0.05, 0.1) is 44.3 Å². The van der Waals surface area contributed by atoms with Gasteiger partial charge < -0.3 is 50.3 Å². The molecule has 7 N–H and O–H groups in total. The van der Waals surface area contributed by atoms with Crippen molar-refractivity contribution in [3.05, 3.63) is 47.5 Å². The standard InChI is InChI=1S/C45H71N7O11/c1-29(2)17-18-36-44(6,63-36)40-39(59-7)35(19-20-45(40)28-61-45)62-43(58)52-34(30(3)4)27-60-42(57)47-22-14-9-8-13-21-46-37(54)25-48-41(56)33(23-32-15-11-10-12-16-32)51-38(55)26-50-49-24-31(5)53/h10-12,15-17,30,33-36,39-40,49-50H,8-9,13-14,18-28H2,1-7H3,(H,46,54)(H,47,57)(H,48,56)(H,51,55)(H,52,58)/t33-,34-,35?,36+,39?,40?,44?,45-/m0/s1. The van der Waals surface area contributed by atoms with Gasteiger partial charge in [-0.3, -0.25) is 19.2 Å². The van der Waals surface area contributed by atoms with Crippen molar-refractivity contribution in [2.45, 2.75) is 135 Å². The van der Waals surface area contributed by atoms with Gasteiger partial charge in [-0.25, -0.2) is 20.4 Å². The van der Waals surface area contributed by atoms with Crippen LogP contribution in [0.25, 0.3) is 0 Å². The highest BCUT2D eigenvalue weighted by atomic mass is 16.6. The Labute approximate surface area is 371 Å². The summed E-state index contributed by atoms with van der Waals surface area (Å²) in [7, 11) is 1.63. The second kappa shape index (κ2) is 25.0. The Morgan fingerprint density at radius 2 is 1.54 bits per heavy atom. The normalized spacial score (nSPS) is 24.3. The summed E-state index contributed by atoms with van der Waals surface area (Å²) in [6.45, 7) is 12.5. The summed E-state index contributed by atoms with van der Waals surface area (Å²) in [6, 6.07) is 7.80. The first-order valence-corrected chi connectivity index (χ1v) is 22.3. The quantitative estimate of drug-likeness (QED) is 0.0292. The van der Waals surface area contributed by atoms with E-state index in [0.717, 1.165) is 31.2 Å². The average Bonchev–Trinajstić information content (AvgIpc) is 4.16. The highest BCUT2D eigenvalue weighted by Crippen LogP contribution is 2.59. The largest absolute Gasteiger partial charge is 0.447 e. The van der Waals surface area contributed by atoms with Gasteiger partial charge in [0.25, 0.3) is 0 Å². The smallest absolute Gasteiger partial charge is 0.407 e. The van der Waals surface area contributed by atoms with Crippen molar-refractivity contribution in [2.24, 2.45) is 11.8 Å². The maximum absolute atomic E-state index is 13.2. The highest BCUT2D eigenvalue weighted by Gasteiger charge is 2.72. The Morgan fingerprint density at radius 1 is 0.857 bits per heavy atom. The van der Waals surface area contributed by atoms with Crippen LogP contribution in [0.5, 0.6) is 0 Å². The number of allylic oxidation sites excluding steroid dienone is 1. The van der Waals surface area contributed by atoms with Crippen LogP contribution in [0.2, 0.25) is 0 Å². The molecule has 1 spiro atoms. The summed E-state index contributed by atoms with van der Waals surface area (Å²) in [5.74, 6) is -1.56. The number of methoxy groups -OCH3 is 1. The molecule has 5 amide bonds. The van der Waals surface area contributed by atoms with Crippen molar-refractivity contribution in [3.8, 4) is 0 Å². The minimum absolute atomic E-state index is 0.0324. The zero-order valence-corrected chi connectivity index (χ0v) is 38.1. The molecular weight excluding hydrogens is 815 g/mol. The van der Waals surface area contributed by atoms with Crippen LogP contribution in [0.4, 0.5) is 9.59 Å². The number of nitrogens with one attached hydrogen (secondary N) is 7. The second-order valence-electron chi connectivity index (χ2n) is 17.5. The Balaban J connectivity index is 1.08. The molecule has 18 nitrogen and oxygen atoms in total. The van der Waals surface area contributed by atoms with Gasteiger partial charge in [-0.1, -0.05) is 68.7 Å². The fourth-order valence-electron chi connectivity index (χ4n) is 8.02. The molecule has 0 radical (unpaired) electrons. The van der Waals surface area contributed by atoms with Crippen LogP contribution in [0.1, 0.15) is 92.1 Å². The molecule has 2 saturated heterocycles. The zero-order valence-electron chi connectivity index (χ0n) is 38.1. The van der Waals surface area contributed by atoms with Crippen LogP contribution in [0, 0.1) is 11.8 Å². The summed E-state index contributed by atoms with van der Waals surface area (Å²) >= 11 is 0. The number of unbranched alkanes of at least 4 members (excludes halogenated alkanes) is 3. The summed E-state index contributed by atoms with van der Waals surface area (Å²) in [5, 5.41) is 13.7. The number of amides is 5. The average molecular weight is 886 g/mol. The summed E-state index contributed by atoms with van der Waals surface area (Å²) in [5.41, 5.74) is 6.56. The van der Waals surface area contributed by atoms with Crippen molar-refractivity contribution in [1.29, 1.82) is 0 Å². The third-order valence-electron chi connectivity index (χ3n) is 11.8. The van der Waals surface area contributed by atoms with E-state index in [2.05, 4.69) is 64.3 Å². The molecule has 0 aromatic heterocycles. The number of benzene rings is 1. The number of carbonyl (C=O) groups is 6. The first-order chi connectivity index (χ1) is 30.1. The molecule has 2 aliphatic heterocycles. The topological polar surface area (TPSA) is 239 Å². The lowest BCUT2D eigenvalue weighted by Crippen LogP contribution is -2.56. The SMILES string of the molecule is COC1C(OC(=O)N[C@@H](COC(=O)NCCCCCCNC(=O)CNC(=O)[C@H](Cc2ccccc2)NC(=O)CNNCC(C)=O)C(C)C)CC[C@]2(CO2)C1C1(C)O[C@@H]1CC=C(C)C. The molecule has 63 heavy (non-hydrogen) atoms. The number of carbonyl (C=O) groups excluding carboxylic acids is 6. The molecule has 8 atom stereocenters. The summed E-state index contributed by atoms with van der Waals surface area (Å²) in [4.78, 5) is 74.8. The number of alkyl carbamates (subject to hydrolysis) is 2. The highest BCUT2D eigenvalue weighted by molar-refractivity contribution is 5.91. The van der Waals surface area contributed by atoms with E-state index in [9.17, 15) is 28.8 Å². The van der Waals surface area contributed by atoms with Crippen molar-refractivity contribution >= 4 is 35.7 Å². The van der Waals surface area contributed by atoms with Crippen LogP contribution < -0.4 is 37.4 Å². The Kier molecular flexibility index (Phi) is 20.3. The number of hydrogen-bond donors (Lipinski definition) is 7. The van der Waals surface area contributed by atoms with Gasteiger partial charge in [-0.05, 0) is 71.3 Å². The van der Waals surface area contributed by atoms with E-state index < -0.39 is 53.9 Å². The van der Waals surface area contributed by atoms with E-state index in [0.29, 0.717) is 39.0 Å². The molecule has 1 aromatic carbocycles. The molecule has 18 heteroatoms. The van der Waals surface area contributed by atoms with Gasteiger partial charge in [0, 0.05) is 26.6 Å². The fourth-order valence-corrected chi connectivity index (χ4v) is 8.02. The Morgan fingerprint density at radius 3 is 2.17 bits per heavy atom. The molecule has 3 aliphatic rings. The number of epoxide rings is 2. The van der Waals surface area contributed by atoms with Crippen molar-refractivity contribution in [3.63, 3.8) is 0 Å². The van der Waals surface area contributed by atoms with E-state index >= 15 is 0 Å². The van der Waals surface area contributed by atoms with E-state index in [4.69, 9.17) is 23.7 Å². The zero-order chi connectivity index (χ0) is 46.0. The van der Waals surface area contributed by atoms with Crippen LogP contribution in [0.15, 0.2) is 42.0 Å². The molecule has 0 bridgehead atoms. The van der Waals surface area contributed by atoms with Gasteiger partial charge in [-0.15, -0.1) is 0 Å². The predicted molar refractivity (Wildman–Crippen MR) is 234 cm³/mol. The van der Waals surface area contributed by atoms with Gasteiger partial charge in [-0.2, -0.15) is 0 Å². The summed E-state index contributed by atoms with van der Waals surface area (Å²) in [6.07, 6.45) is 5.49. The number of hydrogen-bond acceptors (Lipinski definition) is 13. The van der Waals surface area contributed by atoms with Gasteiger partial charge in [0.2, 0.25) is 17.7 Å². The molecule has 2 heterocycles. The van der Waals surface area contributed by atoms with Crippen LogP contribution in [0.3, 0.4) is 0 Å². The van der Waals surface area contributed by atoms with Crippen molar-refractivity contribution < 1.29 is 52.5 Å². The number of ketones is 1. The minimum atomic E-state index is -0.917. The Bertz CT molecular complexity index is 1700. The first kappa shape index (κ1) is 51.0.